The van der Waals surface area contributed by atoms with Gasteiger partial charge in [-0.1, -0.05) is 35.3 Å². The van der Waals surface area contributed by atoms with Crippen LogP contribution in [-0.2, 0) is 0 Å². The van der Waals surface area contributed by atoms with Gasteiger partial charge in [-0.3, -0.25) is 4.79 Å². The number of nitrogens with one attached hydrogen (secondary N) is 2. The number of aryl methyl sites for hydroxylation is 2. The molecule has 4 aliphatic rings. The van der Waals surface area contributed by atoms with Crippen molar-refractivity contribution in [1.29, 1.82) is 0 Å². The van der Waals surface area contributed by atoms with Gasteiger partial charge in [0.05, 0.1) is 16.4 Å². The number of aromatic nitrogens is 2. The van der Waals surface area contributed by atoms with Crippen LogP contribution in [-0.4, -0.2) is 34.8 Å². The van der Waals surface area contributed by atoms with Crippen LogP contribution < -0.4 is 10.6 Å². The van der Waals surface area contributed by atoms with Crippen LogP contribution in [0, 0.1) is 44.4 Å². The molecule has 0 saturated heterocycles. The van der Waals surface area contributed by atoms with E-state index >= 15 is 0 Å². The van der Waals surface area contributed by atoms with Crippen molar-refractivity contribution >= 4 is 29.1 Å². The zero-order chi connectivity index (χ0) is 26.6. The minimum atomic E-state index is -0.164. The molecule has 2 aromatic carbocycles. The van der Waals surface area contributed by atoms with Crippen molar-refractivity contribution < 1.29 is 4.79 Å². The van der Waals surface area contributed by atoms with Crippen LogP contribution >= 0.6 is 23.2 Å². The fourth-order valence-electron chi connectivity index (χ4n) is 7.52. The maximum atomic E-state index is 13.4. The smallest absolute Gasteiger partial charge is 0.272 e. The van der Waals surface area contributed by atoms with Crippen LogP contribution in [0.25, 0.3) is 16.9 Å². The number of halogens is 2. The predicted octanol–water partition coefficient (Wildman–Crippen LogP) is 6.92. The Morgan fingerprint density at radius 2 is 1.63 bits per heavy atom. The number of carbonyl (C=O) groups is 1. The monoisotopic (exact) mass is 550 g/mol. The second-order valence-electron chi connectivity index (χ2n) is 11.8. The Labute approximate surface area is 235 Å². The lowest BCUT2D eigenvalue weighted by Gasteiger charge is -2.54. The van der Waals surface area contributed by atoms with Crippen molar-refractivity contribution in [3.63, 3.8) is 0 Å². The van der Waals surface area contributed by atoms with E-state index < -0.39 is 0 Å². The number of hydrogen-bond donors (Lipinski definition) is 2. The van der Waals surface area contributed by atoms with E-state index in [2.05, 4.69) is 42.7 Å². The lowest BCUT2D eigenvalue weighted by Crippen LogP contribution is -2.55. The van der Waals surface area contributed by atoms with Gasteiger partial charge in [-0.15, -0.1) is 0 Å². The van der Waals surface area contributed by atoms with E-state index in [1.165, 1.54) is 43.2 Å². The van der Waals surface area contributed by atoms with Gasteiger partial charge in [0, 0.05) is 35.3 Å². The van der Waals surface area contributed by atoms with E-state index in [1.54, 1.807) is 16.8 Å². The van der Waals surface area contributed by atoms with Crippen LogP contribution in [0.3, 0.4) is 0 Å². The molecule has 200 valence electrons. The van der Waals surface area contributed by atoms with Crippen LogP contribution in [0.2, 0.25) is 10.0 Å². The zero-order valence-corrected chi connectivity index (χ0v) is 23.9. The largest absolute Gasteiger partial charge is 0.349 e. The average molecular weight is 552 g/mol. The molecule has 7 heteroatoms. The molecule has 0 spiro atoms. The summed E-state index contributed by atoms with van der Waals surface area (Å²) < 4.78 is 1.78. The molecule has 3 aromatic rings. The van der Waals surface area contributed by atoms with Gasteiger partial charge in [0.25, 0.3) is 5.91 Å². The van der Waals surface area contributed by atoms with Crippen molar-refractivity contribution in [3.8, 4) is 16.9 Å². The molecule has 7 rings (SSSR count). The molecular formula is C31H36Cl2N4O. The lowest BCUT2D eigenvalue weighted by molar-refractivity contribution is -0.0133. The molecule has 5 nitrogen and oxygen atoms in total. The number of rotatable bonds is 7. The van der Waals surface area contributed by atoms with Crippen LogP contribution in [0.15, 0.2) is 36.4 Å². The number of nitrogens with zero attached hydrogens (tertiary/aromatic N) is 2. The molecule has 4 bridgehead atoms. The third kappa shape index (κ3) is 4.78. The van der Waals surface area contributed by atoms with E-state index in [-0.39, 0.29) is 5.91 Å². The quantitative estimate of drug-likeness (QED) is 0.314. The highest BCUT2D eigenvalue weighted by molar-refractivity contribution is 6.35. The molecule has 0 atom stereocenters. The summed E-state index contributed by atoms with van der Waals surface area (Å²) in [4.78, 5) is 13.4. The summed E-state index contributed by atoms with van der Waals surface area (Å²) in [6, 6.07) is 12.3. The fraction of sp³-hybridized carbons (Fsp3) is 0.484. The molecule has 1 amide bonds. The van der Waals surface area contributed by atoms with E-state index in [9.17, 15) is 4.79 Å². The summed E-state index contributed by atoms with van der Waals surface area (Å²) in [5.74, 6) is 3.42. The highest BCUT2D eigenvalue weighted by Gasteiger charge is 2.47. The maximum Gasteiger partial charge on any atom is 0.272 e. The second kappa shape index (κ2) is 10.3. The first-order valence-corrected chi connectivity index (χ1v) is 14.7. The number of hydrogen-bond acceptors (Lipinski definition) is 3. The standard InChI is InChI=1S/C31H36Cl2N4O/c1-17-4-5-22(10-18(17)2)30-19(3)28(36-37(30)27-7-6-25(32)16-26(27)33)31(38)35-9-8-34-29-23-12-20-11-21(14-23)15-24(29)13-20/h4-7,10,16,20-21,23-24,29,34H,8-9,11-15H2,1-3H3,(H,35,38). The van der Waals surface area contributed by atoms with Gasteiger partial charge in [0.15, 0.2) is 5.69 Å². The summed E-state index contributed by atoms with van der Waals surface area (Å²) in [6.45, 7) is 7.50. The number of carbonyl (C=O) groups excluding carboxylic acids is 1. The third-order valence-corrected chi connectivity index (χ3v) is 9.81. The predicted molar refractivity (Wildman–Crippen MR) is 154 cm³/mol. The Balaban J connectivity index is 1.21. The molecule has 38 heavy (non-hydrogen) atoms. The normalized spacial score (nSPS) is 25.7. The van der Waals surface area contributed by atoms with Gasteiger partial charge in [-0.05, 0) is 112 Å². The van der Waals surface area contributed by atoms with E-state index in [1.807, 2.05) is 13.0 Å². The first-order valence-electron chi connectivity index (χ1n) is 13.9. The Hall–Kier alpha value is -2.34. The topological polar surface area (TPSA) is 59.0 Å². The van der Waals surface area contributed by atoms with Crippen LogP contribution in [0.4, 0.5) is 0 Å². The van der Waals surface area contributed by atoms with Crippen molar-refractivity contribution in [3.05, 3.63) is 68.8 Å². The number of benzene rings is 2. The zero-order valence-electron chi connectivity index (χ0n) is 22.4. The SMILES string of the molecule is Cc1ccc(-c2c(C)c(C(=O)NCCNC3C4CC5CC(C4)CC3C5)nn2-c2ccc(Cl)cc2Cl)cc1C. The summed E-state index contributed by atoms with van der Waals surface area (Å²) in [5, 5.41) is 12.8. The van der Waals surface area contributed by atoms with Gasteiger partial charge in [0.2, 0.25) is 0 Å². The van der Waals surface area contributed by atoms with Gasteiger partial charge in [0.1, 0.15) is 0 Å². The molecular weight excluding hydrogens is 515 g/mol. The van der Waals surface area contributed by atoms with Crippen molar-refractivity contribution in [2.75, 3.05) is 13.1 Å². The lowest BCUT2D eigenvalue weighted by atomic mass is 9.54. The fourth-order valence-corrected chi connectivity index (χ4v) is 8.01. The Morgan fingerprint density at radius 1 is 0.921 bits per heavy atom. The minimum Gasteiger partial charge on any atom is -0.349 e. The maximum absolute atomic E-state index is 13.4. The summed E-state index contributed by atoms with van der Waals surface area (Å²) >= 11 is 12.8. The van der Waals surface area contributed by atoms with E-state index in [0.717, 1.165) is 47.0 Å². The number of amides is 1. The molecule has 0 unspecified atom stereocenters. The van der Waals surface area contributed by atoms with Gasteiger partial charge < -0.3 is 10.6 Å². The average Bonchev–Trinajstić information content (AvgIpc) is 3.21. The molecule has 1 heterocycles. The Bertz CT molecular complexity index is 1350. The molecule has 4 saturated carbocycles. The summed E-state index contributed by atoms with van der Waals surface area (Å²) in [6.07, 6.45) is 7.03. The summed E-state index contributed by atoms with van der Waals surface area (Å²) in [5.41, 5.74) is 6.17. The minimum absolute atomic E-state index is 0.164. The van der Waals surface area contributed by atoms with Crippen LogP contribution in [0.1, 0.15) is 59.3 Å². The highest BCUT2D eigenvalue weighted by Crippen LogP contribution is 2.53. The first-order chi connectivity index (χ1) is 18.3. The van der Waals surface area contributed by atoms with Gasteiger partial charge in [-0.25, -0.2) is 4.68 Å². The molecule has 4 fully saturated rings. The van der Waals surface area contributed by atoms with Crippen molar-refractivity contribution in [2.45, 2.75) is 58.9 Å². The van der Waals surface area contributed by atoms with Crippen molar-refractivity contribution in [1.82, 2.24) is 20.4 Å². The Kier molecular flexibility index (Phi) is 7.04. The second-order valence-corrected chi connectivity index (χ2v) is 12.6. The third-order valence-electron chi connectivity index (χ3n) is 9.27. The molecule has 0 radical (unpaired) electrons. The summed E-state index contributed by atoms with van der Waals surface area (Å²) in [7, 11) is 0. The van der Waals surface area contributed by atoms with Crippen LogP contribution in [0.5, 0.6) is 0 Å². The molecule has 2 N–H and O–H groups in total. The molecule has 1 aromatic heterocycles. The molecule has 0 aliphatic heterocycles. The molecule has 4 aliphatic carbocycles. The van der Waals surface area contributed by atoms with Gasteiger partial charge in [-0.2, -0.15) is 5.10 Å². The van der Waals surface area contributed by atoms with Gasteiger partial charge >= 0.3 is 0 Å². The van der Waals surface area contributed by atoms with E-state index in [0.29, 0.717) is 34.0 Å². The van der Waals surface area contributed by atoms with Crippen molar-refractivity contribution in [2.24, 2.45) is 23.7 Å². The van der Waals surface area contributed by atoms with E-state index in [4.69, 9.17) is 28.3 Å². The highest BCUT2D eigenvalue weighted by atomic mass is 35.5. The first kappa shape index (κ1) is 25.9. The Morgan fingerprint density at radius 3 is 2.29 bits per heavy atom.